The minimum atomic E-state index is -0.288. The normalized spacial score (nSPS) is 19.6. The number of amides is 1. The Kier molecular flexibility index (Phi) is 8.28. The van der Waals surface area contributed by atoms with Gasteiger partial charge in [0.25, 0.3) is 5.91 Å². The number of ether oxygens (including phenoxy) is 1. The number of rotatable bonds is 9. The molecule has 3 aromatic rings. The molecule has 0 bridgehead atoms. The maximum Gasteiger partial charge on any atom is 0.258 e. The highest BCUT2D eigenvalue weighted by molar-refractivity contribution is 6.05. The van der Waals surface area contributed by atoms with E-state index in [9.17, 15) is 4.79 Å². The fraction of sp³-hybridized carbons (Fsp3) is 0.406. The maximum absolute atomic E-state index is 15.4. The molecule has 200 valence electrons. The van der Waals surface area contributed by atoms with E-state index in [0.717, 1.165) is 44.6 Å². The van der Waals surface area contributed by atoms with Crippen LogP contribution in [0, 0.1) is 5.82 Å². The molecule has 0 aromatic heterocycles. The Labute approximate surface area is 225 Å². The first-order chi connectivity index (χ1) is 18.5. The minimum Gasteiger partial charge on any atom is -0.494 e. The fourth-order valence-electron chi connectivity index (χ4n) is 5.79. The van der Waals surface area contributed by atoms with Crippen molar-refractivity contribution < 1.29 is 13.9 Å². The average molecular weight is 516 g/mol. The van der Waals surface area contributed by atoms with Gasteiger partial charge in [-0.3, -0.25) is 9.69 Å². The number of carbonyl (C=O) groups is 1. The Balaban J connectivity index is 1.22. The second-order valence-corrected chi connectivity index (χ2v) is 10.4. The molecule has 0 radical (unpaired) electrons. The van der Waals surface area contributed by atoms with Crippen LogP contribution in [-0.4, -0.2) is 50.1 Å². The van der Waals surface area contributed by atoms with Crippen LogP contribution in [0.15, 0.2) is 72.8 Å². The third kappa shape index (κ3) is 5.70. The van der Waals surface area contributed by atoms with Crippen molar-refractivity contribution in [3.63, 3.8) is 0 Å². The van der Waals surface area contributed by atoms with Gasteiger partial charge < -0.3 is 14.5 Å². The number of carbonyl (C=O) groups excluding carboxylic acids is 1. The van der Waals surface area contributed by atoms with Crippen LogP contribution in [0.2, 0.25) is 0 Å². The molecule has 2 aliphatic rings. The van der Waals surface area contributed by atoms with Crippen LogP contribution in [-0.2, 0) is 0 Å². The van der Waals surface area contributed by atoms with Crippen molar-refractivity contribution in [3.8, 4) is 5.75 Å². The Bertz CT molecular complexity index is 1220. The van der Waals surface area contributed by atoms with Gasteiger partial charge >= 0.3 is 0 Å². The summed E-state index contributed by atoms with van der Waals surface area (Å²) in [6.45, 7) is 5.53. The Morgan fingerprint density at radius 1 is 1.03 bits per heavy atom. The molecule has 0 aliphatic carbocycles. The lowest BCUT2D eigenvalue weighted by Crippen LogP contribution is -2.37. The van der Waals surface area contributed by atoms with Crippen molar-refractivity contribution in [2.45, 2.75) is 51.1 Å². The average Bonchev–Trinajstić information content (AvgIpc) is 3.63. The van der Waals surface area contributed by atoms with Gasteiger partial charge in [0, 0.05) is 43.5 Å². The van der Waals surface area contributed by atoms with E-state index in [2.05, 4.69) is 47.1 Å². The molecule has 2 atom stereocenters. The molecule has 1 amide bonds. The third-order valence-electron chi connectivity index (χ3n) is 7.94. The summed E-state index contributed by atoms with van der Waals surface area (Å²) in [6, 6.07) is 23.9. The second kappa shape index (κ2) is 12.0. The summed E-state index contributed by atoms with van der Waals surface area (Å²) in [5, 5.41) is 0. The molecule has 6 heteroatoms. The molecule has 2 heterocycles. The van der Waals surface area contributed by atoms with Gasteiger partial charge in [-0.25, -0.2) is 4.39 Å². The molecule has 3 aromatic carbocycles. The Morgan fingerprint density at radius 2 is 1.82 bits per heavy atom. The summed E-state index contributed by atoms with van der Waals surface area (Å²) in [5.41, 5.74) is 3.08. The van der Waals surface area contributed by atoms with Gasteiger partial charge in [0.2, 0.25) is 0 Å². The van der Waals surface area contributed by atoms with Crippen LogP contribution in [0.4, 0.5) is 15.8 Å². The number of nitrogens with zero attached hydrogens (tertiary/aromatic N) is 3. The number of hydrogen-bond acceptors (Lipinski definition) is 4. The summed E-state index contributed by atoms with van der Waals surface area (Å²) >= 11 is 0. The minimum absolute atomic E-state index is 0.181. The summed E-state index contributed by atoms with van der Waals surface area (Å²) in [7, 11) is 1.69. The van der Waals surface area contributed by atoms with E-state index in [1.165, 1.54) is 29.4 Å². The largest absolute Gasteiger partial charge is 0.494 e. The molecular weight excluding hydrogens is 477 g/mol. The van der Waals surface area contributed by atoms with Gasteiger partial charge in [0.05, 0.1) is 12.3 Å². The highest BCUT2D eigenvalue weighted by atomic mass is 19.1. The number of hydrogen-bond donors (Lipinski definition) is 0. The zero-order valence-corrected chi connectivity index (χ0v) is 22.5. The SMILES string of the molecule is CCCCOc1ccc(C(=O)N(C)c2ccc(N3CCC(N4CCCC4c4ccccc4)C3)c(F)c2)cc1. The molecule has 0 saturated carbocycles. The number of likely N-dealkylation sites (tertiary alicyclic amines) is 1. The molecule has 2 unspecified atom stereocenters. The fourth-order valence-corrected chi connectivity index (χ4v) is 5.79. The summed E-state index contributed by atoms with van der Waals surface area (Å²) in [4.78, 5) is 19.3. The molecule has 0 N–H and O–H groups in total. The zero-order chi connectivity index (χ0) is 26.5. The van der Waals surface area contributed by atoms with Crippen LogP contribution in [0.3, 0.4) is 0 Å². The Hall–Kier alpha value is -3.38. The lowest BCUT2D eigenvalue weighted by molar-refractivity contribution is 0.0993. The van der Waals surface area contributed by atoms with Crippen LogP contribution < -0.4 is 14.5 Å². The highest BCUT2D eigenvalue weighted by Gasteiger charge is 2.36. The van der Waals surface area contributed by atoms with E-state index >= 15 is 4.39 Å². The first kappa shape index (κ1) is 26.2. The van der Waals surface area contributed by atoms with Gasteiger partial charge in [-0.05, 0) is 80.3 Å². The van der Waals surface area contributed by atoms with E-state index in [-0.39, 0.29) is 11.7 Å². The molecule has 5 nitrogen and oxygen atoms in total. The van der Waals surface area contributed by atoms with E-state index < -0.39 is 0 Å². The van der Waals surface area contributed by atoms with Gasteiger partial charge in [-0.2, -0.15) is 0 Å². The highest BCUT2D eigenvalue weighted by Crippen LogP contribution is 2.37. The number of unbranched alkanes of at least 4 members (excludes halogenated alkanes) is 1. The van der Waals surface area contributed by atoms with E-state index in [4.69, 9.17) is 4.74 Å². The number of benzene rings is 3. The van der Waals surface area contributed by atoms with Crippen molar-refractivity contribution in [2.24, 2.45) is 0 Å². The smallest absolute Gasteiger partial charge is 0.258 e. The van der Waals surface area contributed by atoms with Crippen molar-refractivity contribution in [3.05, 3.63) is 89.7 Å². The Morgan fingerprint density at radius 3 is 2.55 bits per heavy atom. The summed E-state index contributed by atoms with van der Waals surface area (Å²) in [6.07, 6.45) is 5.48. The van der Waals surface area contributed by atoms with Gasteiger partial charge in [0.1, 0.15) is 11.6 Å². The topological polar surface area (TPSA) is 36.0 Å². The van der Waals surface area contributed by atoms with E-state index in [0.29, 0.717) is 35.6 Å². The lowest BCUT2D eigenvalue weighted by Gasteiger charge is -2.31. The first-order valence-electron chi connectivity index (χ1n) is 13.9. The van der Waals surface area contributed by atoms with Crippen molar-refractivity contribution in [1.82, 2.24) is 4.90 Å². The van der Waals surface area contributed by atoms with E-state index in [1.54, 1.807) is 19.2 Å². The first-order valence-corrected chi connectivity index (χ1v) is 13.9. The van der Waals surface area contributed by atoms with Crippen molar-refractivity contribution >= 4 is 17.3 Å². The zero-order valence-electron chi connectivity index (χ0n) is 22.5. The lowest BCUT2D eigenvalue weighted by atomic mass is 10.0. The standard InChI is InChI=1S/C32H38FN3O2/c1-3-4-21-38-28-15-12-25(13-16-28)32(37)34(2)26-14-17-31(29(33)22-26)35-20-18-27(23-35)36-19-8-11-30(36)24-9-6-5-7-10-24/h5-7,9-10,12-17,22,27,30H,3-4,8,11,18-21,23H2,1-2H3. The molecular formula is C32H38FN3O2. The van der Waals surface area contributed by atoms with Gasteiger partial charge in [-0.1, -0.05) is 43.7 Å². The second-order valence-electron chi connectivity index (χ2n) is 10.4. The van der Waals surface area contributed by atoms with Crippen LogP contribution in [0.25, 0.3) is 0 Å². The van der Waals surface area contributed by atoms with Crippen molar-refractivity contribution in [1.29, 1.82) is 0 Å². The van der Waals surface area contributed by atoms with Gasteiger partial charge in [-0.15, -0.1) is 0 Å². The summed E-state index contributed by atoms with van der Waals surface area (Å²) < 4.78 is 21.1. The van der Waals surface area contributed by atoms with Crippen LogP contribution in [0.5, 0.6) is 5.75 Å². The quantitative estimate of drug-likeness (QED) is 0.297. The van der Waals surface area contributed by atoms with Crippen molar-refractivity contribution in [2.75, 3.05) is 43.1 Å². The predicted octanol–water partition coefficient (Wildman–Crippen LogP) is 6.70. The number of halogens is 1. The molecule has 0 spiro atoms. The number of anilines is 2. The van der Waals surface area contributed by atoms with Crippen LogP contribution in [0.1, 0.15) is 61.0 Å². The summed E-state index contributed by atoms with van der Waals surface area (Å²) in [5.74, 6) is 0.281. The molecule has 2 saturated heterocycles. The maximum atomic E-state index is 15.4. The molecule has 38 heavy (non-hydrogen) atoms. The van der Waals surface area contributed by atoms with E-state index in [1.807, 2.05) is 24.3 Å². The monoisotopic (exact) mass is 515 g/mol. The molecule has 2 fully saturated rings. The molecule has 5 rings (SSSR count). The van der Waals surface area contributed by atoms with Crippen LogP contribution >= 0.6 is 0 Å². The third-order valence-corrected chi connectivity index (χ3v) is 7.94. The molecule has 2 aliphatic heterocycles. The predicted molar refractivity (Wildman–Crippen MR) is 152 cm³/mol. The van der Waals surface area contributed by atoms with Gasteiger partial charge in [0.15, 0.2) is 0 Å².